The van der Waals surface area contributed by atoms with E-state index in [1.54, 1.807) is 29.2 Å². The number of hydrogen-bond acceptors (Lipinski definition) is 6. The fourth-order valence-electron chi connectivity index (χ4n) is 2.95. The van der Waals surface area contributed by atoms with Gasteiger partial charge in [-0.1, -0.05) is 20.8 Å². The zero-order chi connectivity index (χ0) is 22.8. The second-order valence-electron chi connectivity index (χ2n) is 7.74. The van der Waals surface area contributed by atoms with Crippen LogP contribution >= 0.6 is 12.2 Å². The molecule has 0 bridgehead atoms. The second-order valence-corrected chi connectivity index (χ2v) is 8.13. The number of carbonyl (C=O) groups excluding carboxylic acids is 3. The monoisotopic (exact) mass is 449 g/mol. The van der Waals surface area contributed by atoms with Gasteiger partial charge in [0, 0.05) is 18.7 Å². The number of ether oxygens (including phenoxy) is 2. The van der Waals surface area contributed by atoms with Crippen molar-refractivity contribution < 1.29 is 23.9 Å². The highest BCUT2D eigenvalue weighted by atomic mass is 32.1. The van der Waals surface area contributed by atoms with Gasteiger partial charge in [-0.05, 0) is 55.2 Å². The van der Waals surface area contributed by atoms with Crippen LogP contribution in [0.2, 0.25) is 0 Å². The van der Waals surface area contributed by atoms with Gasteiger partial charge in [-0.15, -0.1) is 0 Å². The summed E-state index contributed by atoms with van der Waals surface area (Å²) >= 11 is 5.37. The zero-order valence-electron chi connectivity index (χ0n) is 18.3. The SMILES string of the molecule is CCCOC(=O)CC1C(=O)NCCN1C(=S)NC(=O)c1ccc(OCCC(C)C)cc1. The number of hydrogen-bond donors (Lipinski definition) is 2. The zero-order valence-corrected chi connectivity index (χ0v) is 19.1. The first-order chi connectivity index (χ1) is 14.8. The highest BCUT2D eigenvalue weighted by Crippen LogP contribution is 2.15. The topological polar surface area (TPSA) is 97.0 Å². The largest absolute Gasteiger partial charge is 0.494 e. The predicted molar refractivity (Wildman–Crippen MR) is 121 cm³/mol. The molecule has 2 N–H and O–H groups in total. The van der Waals surface area contributed by atoms with E-state index in [0.29, 0.717) is 50.0 Å². The average Bonchev–Trinajstić information content (AvgIpc) is 2.73. The van der Waals surface area contributed by atoms with Gasteiger partial charge in [0.2, 0.25) is 5.91 Å². The van der Waals surface area contributed by atoms with E-state index in [-0.39, 0.29) is 17.4 Å². The van der Waals surface area contributed by atoms with Gasteiger partial charge in [-0.3, -0.25) is 19.7 Å². The molecule has 1 fully saturated rings. The van der Waals surface area contributed by atoms with Gasteiger partial charge >= 0.3 is 5.97 Å². The maximum atomic E-state index is 12.6. The number of carbonyl (C=O) groups is 3. The van der Waals surface area contributed by atoms with Crippen LogP contribution in [0.5, 0.6) is 5.75 Å². The minimum atomic E-state index is -0.817. The molecular formula is C22H31N3O5S. The van der Waals surface area contributed by atoms with Crippen LogP contribution in [0.15, 0.2) is 24.3 Å². The quantitative estimate of drug-likeness (QED) is 0.441. The van der Waals surface area contributed by atoms with E-state index < -0.39 is 17.9 Å². The Hall–Kier alpha value is -2.68. The molecule has 1 aromatic rings. The molecular weight excluding hydrogens is 418 g/mol. The van der Waals surface area contributed by atoms with Gasteiger partial charge in [0.25, 0.3) is 5.91 Å². The van der Waals surface area contributed by atoms with Crippen molar-refractivity contribution in [2.75, 3.05) is 26.3 Å². The van der Waals surface area contributed by atoms with E-state index >= 15 is 0 Å². The summed E-state index contributed by atoms with van der Waals surface area (Å²) in [5, 5.41) is 5.48. The van der Waals surface area contributed by atoms with Crippen molar-refractivity contribution in [3.63, 3.8) is 0 Å². The van der Waals surface area contributed by atoms with E-state index in [0.717, 1.165) is 6.42 Å². The molecule has 170 valence electrons. The van der Waals surface area contributed by atoms with Crippen molar-refractivity contribution in [2.45, 2.75) is 46.1 Å². The van der Waals surface area contributed by atoms with Crippen LogP contribution in [0.1, 0.15) is 50.4 Å². The van der Waals surface area contributed by atoms with Crippen LogP contribution in [0.3, 0.4) is 0 Å². The molecule has 31 heavy (non-hydrogen) atoms. The second kappa shape index (κ2) is 12.2. The van der Waals surface area contributed by atoms with Gasteiger partial charge in [-0.25, -0.2) is 0 Å². The molecule has 2 amide bonds. The summed E-state index contributed by atoms with van der Waals surface area (Å²) < 4.78 is 10.7. The lowest BCUT2D eigenvalue weighted by Crippen LogP contribution is -2.60. The third-order valence-electron chi connectivity index (χ3n) is 4.72. The maximum absolute atomic E-state index is 12.6. The van der Waals surface area contributed by atoms with Crippen molar-refractivity contribution in [2.24, 2.45) is 5.92 Å². The van der Waals surface area contributed by atoms with Crippen molar-refractivity contribution in [3.05, 3.63) is 29.8 Å². The summed E-state index contributed by atoms with van der Waals surface area (Å²) in [5.74, 6) is 0.0608. The van der Waals surface area contributed by atoms with Gasteiger partial charge in [0.05, 0.1) is 19.6 Å². The number of rotatable bonds is 9. The van der Waals surface area contributed by atoms with Gasteiger partial charge in [-0.2, -0.15) is 0 Å². The number of piperazine rings is 1. The van der Waals surface area contributed by atoms with Crippen molar-refractivity contribution in [3.8, 4) is 5.75 Å². The predicted octanol–water partition coefficient (Wildman–Crippen LogP) is 2.27. The van der Waals surface area contributed by atoms with E-state index in [1.165, 1.54) is 0 Å². The van der Waals surface area contributed by atoms with Gasteiger partial charge < -0.3 is 19.7 Å². The Kier molecular flexibility index (Phi) is 9.71. The van der Waals surface area contributed by atoms with Crippen molar-refractivity contribution >= 4 is 35.1 Å². The minimum Gasteiger partial charge on any atom is -0.494 e. The Morgan fingerprint density at radius 1 is 1.26 bits per heavy atom. The first-order valence-corrected chi connectivity index (χ1v) is 11.0. The summed E-state index contributed by atoms with van der Waals surface area (Å²) in [7, 11) is 0. The minimum absolute atomic E-state index is 0.102. The number of nitrogens with zero attached hydrogens (tertiary/aromatic N) is 1. The molecule has 1 saturated heterocycles. The Morgan fingerprint density at radius 2 is 1.97 bits per heavy atom. The molecule has 1 atom stereocenters. The molecule has 0 aliphatic carbocycles. The molecule has 0 radical (unpaired) electrons. The molecule has 9 heteroatoms. The number of esters is 1. The third-order valence-corrected chi connectivity index (χ3v) is 5.06. The lowest BCUT2D eigenvalue weighted by molar-refractivity contribution is -0.147. The Morgan fingerprint density at radius 3 is 2.61 bits per heavy atom. The molecule has 2 rings (SSSR count). The van der Waals surface area contributed by atoms with Gasteiger partial charge in [0.15, 0.2) is 5.11 Å². The molecule has 8 nitrogen and oxygen atoms in total. The average molecular weight is 450 g/mol. The number of nitrogens with one attached hydrogen (secondary N) is 2. The summed E-state index contributed by atoms with van der Waals surface area (Å²) in [4.78, 5) is 38.5. The van der Waals surface area contributed by atoms with Crippen LogP contribution in [0.25, 0.3) is 0 Å². The summed E-state index contributed by atoms with van der Waals surface area (Å²) in [6, 6.07) is 5.97. The van der Waals surface area contributed by atoms with Crippen molar-refractivity contribution in [1.29, 1.82) is 0 Å². The van der Waals surface area contributed by atoms with E-state index in [2.05, 4.69) is 24.5 Å². The lowest BCUT2D eigenvalue weighted by Gasteiger charge is -2.36. The molecule has 1 heterocycles. The van der Waals surface area contributed by atoms with Crippen molar-refractivity contribution in [1.82, 2.24) is 15.5 Å². The molecule has 1 aromatic carbocycles. The molecule has 1 aliphatic heterocycles. The maximum Gasteiger partial charge on any atom is 0.308 e. The number of benzene rings is 1. The standard InChI is InChI=1S/C22H31N3O5S/c1-4-12-30-19(26)14-18-21(28)23-10-11-25(18)22(31)24-20(27)16-5-7-17(8-6-16)29-13-9-15(2)3/h5-8,15,18H,4,9-14H2,1-3H3,(H,23,28)(H,24,27,31). The molecule has 0 spiro atoms. The van der Waals surface area contributed by atoms with Gasteiger partial charge in [0.1, 0.15) is 11.8 Å². The number of thiocarbonyl (C=S) groups is 1. The molecule has 0 saturated carbocycles. The summed E-state index contributed by atoms with van der Waals surface area (Å²) in [5.41, 5.74) is 0.416. The number of amides is 2. The smallest absolute Gasteiger partial charge is 0.308 e. The lowest BCUT2D eigenvalue weighted by atomic mass is 10.1. The van der Waals surface area contributed by atoms with E-state index in [9.17, 15) is 14.4 Å². The van der Waals surface area contributed by atoms with E-state index in [4.69, 9.17) is 21.7 Å². The summed E-state index contributed by atoms with van der Waals surface area (Å²) in [6.45, 7) is 7.82. The molecule has 0 aromatic heterocycles. The molecule has 1 unspecified atom stereocenters. The fourth-order valence-corrected chi connectivity index (χ4v) is 3.26. The first-order valence-electron chi connectivity index (χ1n) is 10.6. The molecule has 1 aliphatic rings. The van der Waals surface area contributed by atoms with Crippen LogP contribution in [0, 0.1) is 5.92 Å². The Labute approximate surface area is 188 Å². The van der Waals surface area contributed by atoms with Crippen LogP contribution < -0.4 is 15.4 Å². The van der Waals surface area contributed by atoms with Crippen LogP contribution in [0.4, 0.5) is 0 Å². The summed E-state index contributed by atoms with van der Waals surface area (Å²) in [6.07, 6.45) is 1.51. The van der Waals surface area contributed by atoms with Crippen LogP contribution in [-0.2, 0) is 14.3 Å². The van der Waals surface area contributed by atoms with E-state index in [1.807, 2.05) is 6.92 Å². The normalized spacial score (nSPS) is 15.9. The highest BCUT2D eigenvalue weighted by molar-refractivity contribution is 7.80. The third kappa shape index (κ3) is 7.82. The Balaban J connectivity index is 1.95. The Bertz CT molecular complexity index is 782. The first kappa shape index (κ1) is 24.6. The van der Waals surface area contributed by atoms with Crippen LogP contribution in [-0.4, -0.2) is 60.1 Å². The highest BCUT2D eigenvalue weighted by Gasteiger charge is 2.34. The fraction of sp³-hybridized carbons (Fsp3) is 0.545.